The summed E-state index contributed by atoms with van der Waals surface area (Å²) < 4.78 is 10.2. The molecule has 0 saturated heterocycles. The molecule has 0 aliphatic heterocycles. The standard InChI is InChI=1S/C7H14O2.C3H4O2/c1-4-7(8-5-2)9-6-3;1-2-3(4)5/h4,7H,1,5-6H2,2-3H3;2H,1H2,(H,4,5). The number of ether oxygens (including phenoxy) is 2. The van der Waals surface area contributed by atoms with E-state index in [-0.39, 0.29) is 6.29 Å². The molecule has 0 saturated carbocycles. The third kappa shape index (κ3) is 13.5. The third-order valence-corrected chi connectivity index (χ3v) is 1.03. The van der Waals surface area contributed by atoms with E-state index in [0.29, 0.717) is 13.2 Å². The fourth-order valence-corrected chi connectivity index (χ4v) is 0.513. The summed E-state index contributed by atoms with van der Waals surface area (Å²) >= 11 is 0. The van der Waals surface area contributed by atoms with Gasteiger partial charge >= 0.3 is 5.97 Å². The molecule has 0 bridgehead atoms. The van der Waals surface area contributed by atoms with Gasteiger partial charge in [0, 0.05) is 19.3 Å². The summed E-state index contributed by atoms with van der Waals surface area (Å²) in [5.41, 5.74) is 0. The molecule has 82 valence electrons. The molecular formula is C10H18O4. The summed E-state index contributed by atoms with van der Waals surface area (Å²) in [7, 11) is 0. The Hall–Kier alpha value is -1.13. The first kappa shape index (κ1) is 15.3. The molecular weight excluding hydrogens is 184 g/mol. The summed E-state index contributed by atoms with van der Waals surface area (Å²) in [6.07, 6.45) is 2.26. The van der Waals surface area contributed by atoms with Crippen molar-refractivity contribution >= 4 is 5.97 Å². The number of carbonyl (C=O) groups is 1. The Morgan fingerprint density at radius 3 is 1.86 bits per heavy atom. The summed E-state index contributed by atoms with van der Waals surface area (Å²) in [6, 6.07) is 0. The summed E-state index contributed by atoms with van der Waals surface area (Å²) in [4.78, 5) is 9.25. The van der Waals surface area contributed by atoms with Crippen LogP contribution in [0.3, 0.4) is 0 Å². The quantitative estimate of drug-likeness (QED) is 0.405. The van der Waals surface area contributed by atoms with Crippen molar-refractivity contribution < 1.29 is 19.4 Å². The lowest BCUT2D eigenvalue weighted by Crippen LogP contribution is -2.13. The molecule has 0 heterocycles. The Kier molecular flexibility index (Phi) is 13.0. The van der Waals surface area contributed by atoms with E-state index in [4.69, 9.17) is 14.6 Å². The van der Waals surface area contributed by atoms with Crippen molar-refractivity contribution in [1.82, 2.24) is 0 Å². The Labute approximate surface area is 84.8 Å². The molecule has 0 rings (SSSR count). The SMILES string of the molecule is C=CC(=O)O.C=CC(OCC)OCC. The normalized spacial score (nSPS) is 8.79. The zero-order chi connectivity index (χ0) is 11.4. The van der Waals surface area contributed by atoms with E-state index >= 15 is 0 Å². The minimum atomic E-state index is -0.981. The van der Waals surface area contributed by atoms with Crippen LogP contribution in [0.25, 0.3) is 0 Å². The van der Waals surface area contributed by atoms with E-state index in [0.717, 1.165) is 6.08 Å². The van der Waals surface area contributed by atoms with Crippen LogP contribution in [0.4, 0.5) is 0 Å². The van der Waals surface area contributed by atoms with Gasteiger partial charge in [-0.15, -0.1) is 0 Å². The van der Waals surface area contributed by atoms with Crippen LogP contribution in [0.1, 0.15) is 13.8 Å². The topological polar surface area (TPSA) is 55.8 Å². The van der Waals surface area contributed by atoms with E-state index in [1.807, 2.05) is 13.8 Å². The molecule has 0 fully saturated rings. The van der Waals surface area contributed by atoms with Gasteiger partial charge < -0.3 is 14.6 Å². The van der Waals surface area contributed by atoms with Crippen molar-refractivity contribution in [2.24, 2.45) is 0 Å². The maximum Gasteiger partial charge on any atom is 0.327 e. The molecule has 0 radical (unpaired) electrons. The van der Waals surface area contributed by atoms with E-state index in [2.05, 4.69) is 13.2 Å². The summed E-state index contributed by atoms with van der Waals surface area (Å²) in [5, 5.41) is 7.60. The number of hydrogen-bond acceptors (Lipinski definition) is 3. The third-order valence-electron chi connectivity index (χ3n) is 1.03. The minimum Gasteiger partial charge on any atom is -0.478 e. The first-order chi connectivity index (χ1) is 6.62. The van der Waals surface area contributed by atoms with Crippen LogP contribution in [0.5, 0.6) is 0 Å². The first-order valence-corrected chi connectivity index (χ1v) is 4.33. The number of aliphatic carboxylic acids is 1. The van der Waals surface area contributed by atoms with Crippen LogP contribution in [0.15, 0.2) is 25.3 Å². The lowest BCUT2D eigenvalue weighted by molar-refractivity contribution is -0.131. The molecule has 0 aromatic carbocycles. The second-order valence-electron chi connectivity index (χ2n) is 2.06. The van der Waals surface area contributed by atoms with Crippen LogP contribution in [-0.4, -0.2) is 30.6 Å². The number of rotatable bonds is 6. The summed E-state index contributed by atoms with van der Waals surface area (Å²) in [5.74, 6) is -0.981. The second-order valence-corrected chi connectivity index (χ2v) is 2.06. The zero-order valence-electron chi connectivity index (χ0n) is 8.73. The predicted molar refractivity (Wildman–Crippen MR) is 55.1 cm³/mol. The molecule has 0 aliphatic rings. The highest BCUT2D eigenvalue weighted by Crippen LogP contribution is 1.94. The minimum absolute atomic E-state index is 0.222. The molecule has 0 spiro atoms. The molecule has 0 atom stereocenters. The number of carboxylic acids is 1. The van der Waals surface area contributed by atoms with Crippen molar-refractivity contribution in [3.63, 3.8) is 0 Å². The maximum atomic E-state index is 9.25. The first-order valence-electron chi connectivity index (χ1n) is 4.33. The van der Waals surface area contributed by atoms with Gasteiger partial charge in [0.2, 0.25) is 0 Å². The van der Waals surface area contributed by atoms with Gasteiger partial charge in [0.15, 0.2) is 6.29 Å². The average Bonchev–Trinajstić information content (AvgIpc) is 2.18. The molecule has 1 N–H and O–H groups in total. The van der Waals surface area contributed by atoms with Crippen LogP contribution >= 0.6 is 0 Å². The predicted octanol–water partition coefficient (Wildman–Crippen LogP) is 1.83. The van der Waals surface area contributed by atoms with Crippen molar-refractivity contribution in [2.45, 2.75) is 20.1 Å². The van der Waals surface area contributed by atoms with Crippen LogP contribution in [0, 0.1) is 0 Å². The lowest BCUT2D eigenvalue weighted by Gasteiger charge is -2.10. The highest BCUT2D eigenvalue weighted by atomic mass is 16.7. The smallest absolute Gasteiger partial charge is 0.327 e. The number of hydrogen-bond donors (Lipinski definition) is 1. The lowest BCUT2D eigenvalue weighted by atomic mass is 10.6. The molecule has 0 unspecified atom stereocenters. The van der Waals surface area contributed by atoms with Gasteiger partial charge in [0.25, 0.3) is 0 Å². The van der Waals surface area contributed by atoms with Crippen molar-refractivity contribution in [1.29, 1.82) is 0 Å². The van der Waals surface area contributed by atoms with Gasteiger partial charge in [-0.25, -0.2) is 4.79 Å². The fourth-order valence-electron chi connectivity index (χ4n) is 0.513. The molecule has 0 aliphatic carbocycles. The van der Waals surface area contributed by atoms with Crippen molar-refractivity contribution in [3.05, 3.63) is 25.3 Å². The van der Waals surface area contributed by atoms with E-state index < -0.39 is 5.97 Å². The second kappa shape index (κ2) is 11.9. The highest BCUT2D eigenvalue weighted by molar-refractivity contribution is 5.78. The van der Waals surface area contributed by atoms with E-state index in [1.54, 1.807) is 6.08 Å². The zero-order valence-corrected chi connectivity index (χ0v) is 8.73. The van der Waals surface area contributed by atoms with Crippen molar-refractivity contribution in [2.75, 3.05) is 13.2 Å². The van der Waals surface area contributed by atoms with Gasteiger partial charge in [0.05, 0.1) is 0 Å². The Morgan fingerprint density at radius 2 is 1.71 bits per heavy atom. The Morgan fingerprint density at radius 1 is 1.36 bits per heavy atom. The molecule has 14 heavy (non-hydrogen) atoms. The van der Waals surface area contributed by atoms with Crippen LogP contribution in [-0.2, 0) is 14.3 Å². The largest absolute Gasteiger partial charge is 0.478 e. The van der Waals surface area contributed by atoms with Gasteiger partial charge in [-0.05, 0) is 19.9 Å². The highest BCUT2D eigenvalue weighted by Gasteiger charge is 1.98. The fraction of sp³-hybridized carbons (Fsp3) is 0.500. The number of carboxylic acid groups (broad SMARTS) is 1. The monoisotopic (exact) mass is 202 g/mol. The maximum absolute atomic E-state index is 9.25. The Balaban J connectivity index is 0. The van der Waals surface area contributed by atoms with Gasteiger partial charge in [-0.1, -0.05) is 13.2 Å². The van der Waals surface area contributed by atoms with Gasteiger partial charge in [-0.2, -0.15) is 0 Å². The molecule has 0 aromatic heterocycles. The molecule has 4 nitrogen and oxygen atoms in total. The molecule has 0 amide bonds. The summed E-state index contributed by atoms with van der Waals surface area (Å²) in [6.45, 7) is 11.7. The van der Waals surface area contributed by atoms with E-state index in [9.17, 15) is 4.79 Å². The van der Waals surface area contributed by atoms with Crippen LogP contribution in [0.2, 0.25) is 0 Å². The van der Waals surface area contributed by atoms with Gasteiger partial charge in [-0.3, -0.25) is 0 Å². The van der Waals surface area contributed by atoms with E-state index in [1.165, 1.54) is 0 Å². The average molecular weight is 202 g/mol. The molecule has 4 heteroatoms. The molecule has 0 aromatic rings. The Bertz CT molecular complexity index is 160. The van der Waals surface area contributed by atoms with Gasteiger partial charge in [0.1, 0.15) is 0 Å². The van der Waals surface area contributed by atoms with Crippen molar-refractivity contribution in [3.8, 4) is 0 Å². The van der Waals surface area contributed by atoms with Crippen LogP contribution < -0.4 is 0 Å².